The quantitative estimate of drug-likeness (QED) is 0.486. The molecule has 2 amide bonds. The Kier molecular flexibility index (Phi) is 8.52. The highest BCUT2D eigenvalue weighted by Crippen LogP contribution is 2.35. The molecular weight excluding hydrogens is 532 g/mol. The molecule has 1 fully saturated rings. The number of nitrogens with one attached hydrogen (secondary N) is 2. The lowest BCUT2D eigenvalue weighted by molar-refractivity contribution is -0.142. The third kappa shape index (κ3) is 6.05. The lowest BCUT2D eigenvalue weighted by Crippen LogP contribution is -2.48. The van der Waals surface area contributed by atoms with Gasteiger partial charge in [-0.15, -0.1) is 11.3 Å². The molecule has 0 bridgehead atoms. The van der Waals surface area contributed by atoms with Crippen LogP contribution < -0.4 is 14.9 Å². The molecule has 2 aromatic rings. The first-order valence-electron chi connectivity index (χ1n) is 9.96. The topological polar surface area (TPSA) is 122 Å². The average molecular weight is 552 g/mol. The number of thiophene rings is 1. The van der Waals surface area contributed by atoms with Crippen molar-refractivity contribution in [3.63, 3.8) is 0 Å². The van der Waals surface area contributed by atoms with Gasteiger partial charge >= 0.3 is 5.97 Å². The number of anilines is 1. The van der Waals surface area contributed by atoms with Crippen LogP contribution in [0.1, 0.15) is 28.9 Å². The fourth-order valence-corrected chi connectivity index (χ4v) is 6.05. The fraction of sp³-hybridized carbons (Fsp3) is 0.350. The molecule has 2 N–H and O–H groups in total. The van der Waals surface area contributed by atoms with E-state index in [-0.39, 0.29) is 34.5 Å². The summed E-state index contributed by atoms with van der Waals surface area (Å²) in [6, 6.07) is 3.10. The van der Waals surface area contributed by atoms with E-state index in [1.807, 2.05) is 0 Å². The van der Waals surface area contributed by atoms with Crippen LogP contribution in [0.4, 0.5) is 10.1 Å². The van der Waals surface area contributed by atoms with Crippen molar-refractivity contribution in [2.75, 3.05) is 25.1 Å². The van der Waals surface area contributed by atoms with Crippen LogP contribution in [0.2, 0.25) is 9.36 Å². The number of nitrogens with zero attached hydrogens (tertiary/aromatic N) is 1. The van der Waals surface area contributed by atoms with Gasteiger partial charge in [0.15, 0.2) is 0 Å². The third-order valence-corrected chi connectivity index (χ3v) is 8.17. The van der Waals surface area contributed by atoms with Gasteiger partial charge < -0.3 is 15.0 Å². The summed E-state index contributed by atoms with van der Waals surface area (Å²) in [5.74, 6) is -2.82. The van der Waals surface area contributed by atoms with E-state index in [0.29, 0.717) is 23.2 Å². The first-order chi connectivity index (χ1) is 16.0. The smallest absolute Gasteiger partial charge is 0.325 e. The third-order valence-electron chi connectivity index (χ3n) is 4.94. The maximum Gasteiger partial charge on any atom is 0.325 e. The normalized spacial score (nSPS) is 15.2. The second kappa shape index (κ2) is 11.0. The van der Waals surface area contributed by atoms with Crippen molar-refractivity contribution in [3.8, 4) is 0 Å². The Bertz CT molecular complexity index is 1220. The number of hydrogen-bond donors (Lipinski definition) is 2. The number of methoxy groups -OCH3 is 1. The molecule has 0 spiro atoms. The maximum absolute atomic E-state index is 14.4. The minimum Gasteiger partial charge on any atom is -0.468 e. The molecule has 1 saturated heterocycles. The molecule has 1 aromatic carbocycles. The van der Waals surface area contributed by atoms with Crippen molar-refractivity contribution in [1.82, 2.24) is 10.0 Å². The molecule has 1 aliphatic rings. The largest absolute Gasteiger partial charge is 0.468 e. The Morgan fingerprint density at radius 1 is 1.26 bits per heavy atom. The molecule has 14 heteroatoms. The van der Waals surface area contributed by atoms with Crippen LogP contribution in [0, 0.1) is 5.82 Å². The minimum atomic E-state index is -4.59. The zero-order valence-electron chi connectivity index (χ0n) is 17.8. The summed E-state index contributed by atoms with van der Waals surface area (Å²) in [7, 11) is -3.54. The van der Waals surface area contributed by atoms with Crippen molar-refractivity contribution in [2.24, 2.45) is 0 Å². The number of carbonyl (C=O) groups is 3. The summed E-state index contributed by atoms with van der Waals surface area (Å²) in [6.45, 7) is -0.205. The van der Waals surface area contributed by atoms with Gasteiger partial charge in [0.25, 0.3) is 5.91 Å². The van der Waals surface area contributed by atoms with E-state index in [1.54, 1.807) is 0 Å². The number of piperidine rings is 1. The number of hydrogen-bond acceptors (Lipinski definition) is 7. The van der Waals surface area contributed by atoms with Crippen molar-refractivity contribution in [1.29, 1.82) is 0 Å². The van der Waals surface area contributed by atoms with Gasteiger partial charge in [-0.2, -0.15) is 4.72 Å². The minimum absolute atomic E-state index is 0.0794. The van der Waals surface area contributed by atoms with E-state index >= 15 is 0 Å². The van der Waals surface area contributed by atoms with Gasteiger partial charge in [-0.1, -0.05) is 23.2 Å². The van der Waals surface area contributed by atoms with Crippen LogP contribution in [0.15, 0.2) is 29.2 Å². The lowest BCUT2D eigenvalue weighted by atomic mass is 10.1. The standard InChI is InChI=1S/C20H20Cl2FN3O6S2/c1-32-20(29)12(10-24-19(28)14-5-6-16(21)33-14)25-34(30,31)15-9-11(23)8-13(18(15)22)26-7-3-2-4-17(26)27/h5-6,8-9,12,25H,2-4,7,10H2,1H3,(H,24,28)/t12-/m0/s1. The zero-order chi connectivity index (χ0) is 25.0. The zero-order valence-corrected chi connectivity index (χ0v) is 20.9. The van der Waals surface area contributed by atoms with Crippen molar-refractivity contribution in [3.05, 3.63) is 44.3 Å². The highest BCUT2D eigenvalue weighted by molar-refractivity contribution is 7.89. The van der Waals surface area contributed by atoms with E-state index in [0.717, 1.165) is 24.5 Å². The Balaban J connectivity index is 1.86. The molecule has 9 nitrogen and oxygen atoms in total. The van der Waals surface area contributed by atoms with Gasteiger partial charge in [0.2, 0.25) is 15.9 Å². The van der Waals surface area contributed by atoms with E-state index in [4.69, 9.17) is 23.2 Å². The first kappa shape index (κ1) is 26.4. The van der Waals surface area contributed by atoms with Crippen LogP contribution in [-0.2, 0) is 24.3 Å². The lowest BCUT2D eigenvalue weighted by Gasteiger charge is -2.28. The molecule has 184 valence electrons. The summed E-state index contributed by atoms with van der Waals surface area (Å²) in [5.41, 5.74) is -0.0794. The van der Waals surface area contributed by atoms with Gasteiger partial charge in [0, 0.05) is 19.5 Å². The van der Waals surface area contributed by atoms with Crippen LogP contribution in [-0.4, -0.2) is 52.4 Å². The molecule has 2 heterocycles. The van der Waals surface area contributed by atoms with Crippen molar-refractivity contribution < 1.29 is 31.9 Å². The molecular formula is C20H20Cl2FN3O6S2. The van der Waals surface area contributed by atoms with Gasteiger partial charge in [-0.05, 0) is 37.1 Å². The van der Waals surface area contributed by atoms with Crippen LogP contribution >= 0.6 is 34.5 Å². The highest BCUT2D eigenvalue weighted by Gasteiger charge is 2.32. The summed E-state index contributed by atoms with van der Waals surface area (Å²) in [4.78, 5) is 37.6. The number of rotatable bonds is 8. The van der Waals surface area contributed by atoms with E-state index in [9.17, 15) is 27.2 Å². The van der Waals surface area contributed by atoms with Gasteiger partial charge in [-0.25, -0.2) is 12.8 Å². The number of benzene rings is 1. The monoisotopic (exact) mass is 551 g/mol. The predicted molar refractivity (Wildman–Crippen MR) is 125 cm³/mol. The number of carbonyl (C=O) groups excluding carboxylic acids is 3. The number of esters is 1. The molecule has 0 aliphatic carbocycles. The molecule has 0 radical (unpaired) electrons. The molecule has 1 aliphatic heterocycles. The Hall–Kier alpha value is -2.25. The van der Waals surface area contributed by atoms with Crippen LogP contribution in [0.3, 0.4) is 0 Å². The average Bonchev–Trinajstić information content (AvgIpc) is 3.24. The Labute approximate surface area is 209 Å². The number of halogens is 3. The van der Waals surface area contributed by atoms with Crippen molar-refractivity contribution in [2.45, 2.75) is 30.2 Å². The Morgan fingerprint density at radius 3 is 2.62 bits per heavy atom. The molecule has 1 aromatic heterocycles. The van der Waals surface area contributed by atoms with Gasteiger partial charge in [0.1, 0.15) is 16.8 Å². The van der Waals surface area contributed by atoms with Gasteiger partial charge in [-0.3, -0.25) is 14.4 Å². The van der Waals surface area contributed by atoms with E-state index in [2.05, 4.69) is 14.8 Å². The molecule has 1 atom stereocenters. The van der Waals surface area contributed by atoms with Crippen molar-refractivity contribution >= 4 is 68.0 Å². The maximum atomic E-state index is 14.4. The number of sulfonamides is 1. The highest BCUT2D eigenvalue weighted by atomic mass is 35.5. The summed E-state index contributed by atoms with van der Waals surface area (Å²) in [5, 5.41) is 2.05. The predicted octanol–water partition coefficient (Wildman–Crippen LogP) is 2.96. The molecule has 34 heavy (non-hydrogen) atoms. The first-order valence-corrected chi connectivity index (χ1v) is 13.0. The second-order valence-electron chi connectivity index (χ2n) is 7.25. The number of ether oxygens (including phenoxy) is 1. The summed E-state index contributed by atoms with van der Waals surface area (Å²) in [6.07, 6.45) is 1.55. The van der Waals surface area contributed by atoms with E-state index < -0.39 is 45.2 Å². The summed E-state index contributed by atoms with van der Waals surface area (Å²) < 4.78 is 47.6. The molecule has 0 unspecified atom stereocenters. The fourth-order valence-electron chi connectivity index (χ4n) is 3.29. The summed E-state index contributed by atoms with van der Waals surface area (Å²) >= 11 is 13.1. The van der Waals surface area contributed by atoms with Crippen LogP contribution in [0.25, 0.3) is 0 Å². The van der Waals surface area contributed by atoms with Crippen LogP contribution in [0.5, 0.6) is 0 Å². The molecule has 0 saturated carbocycles. The SMILES string of the molecule is COC(=O)[C@H](CNC(=O)c1ccc(Cl)s1)NS(=O)(=O)c1cc(F)cc(N2CCCCC2=O)c1Cl. The van der Waals surface area contributed by atoms with E-state index in [1.165, 1.54) is 17.0 Å². The molecule has 3 rings (SSSR count). The van der Waals surface area contributed by atoms with Gasteiger partial charge in [0.05, 0.1) is 27.0 Å². The number of amides is 2. The second-order valence-corrected chi connectivity index (χ2v) is 11.0. The Morgan fingerprint density at radius 2 is 2.00 bits per heavy atom.